The number of pyridine rings is 1. The van der Waals surface area contributed by atoms with Gasteiger partial charge in [-0.05, 0) is 37.6 Å². The van der Waals surface area contributed by atoms with E-state index in [9.17, 15) is 14.4 Å². The molecule has 0 atom stereocenters. The summed E-state index contributed by atoms with van der Waals surface area (Å²) in [6.07, 6.45) is 1.72. The van der Waals surface area contributed by atoms with Crippen LogP contribution in [0.5, 0.6) is 0 Å². The van der Waals surface area contributed by atoms with Crippen molar-refractivity contribution in [3.8, 4) is 0 Å². The van der Waals surface area contributed by atoms with E-state index in [0.29, 0.717) is 34.3 Å². The van der Waals surface area contributed by atoms with E-state index < -0.39 is 11.9 Å². The number of amides is 1. The Labute approximate surface area is 177 Å². The van der Waals surface area contributed by atoms with Gasteiger partial charge in [-0.3, -0.25) is 9.78 Å². The van der Waals surface area contributed by atoms with Gasteiger partial charge in [0.2, 0.25) is 5.91 Å². The molecule has 1 saturated heterocycles. The molecule has 0 unspecified atom stereocenters. The number of carbonyl (C=O) groups excluding carboxylic acids is 3. The molecule has 9 heteroatoms. The highest BCUT2D eigenvalue weighted by atomic mass is 35.5. The molecule has 0 saturated carbocycles. The highest BCUT2D eigenvalue weighted by Gasteiger charge is 2.27. The second kappa shape index (κ2) is 9.28. The summed E-state index contributed by atoms with van der Waals surface area (Å²) >= 11 is 7.29. The Bertz CT molecular complexity index is 1010. The normalized spacial score (nSPS) is 15.2. The second-order valence-corrected chi connectivity index (χ2v) is 7.72. The van der Waals surface area contributed by atoms with Crippen molar-refractivity contribution in [2.24, 2.45) is 0 Å². The summed E-state index contributed by atoms with van der Waals surface area (Å²) in [6.45, 7) is 2.22. The van der Waals surface area contributed by atoms with Gasteiger partial charge < -0.3 is 14.4 Å². The van der Waals surface area contributed by atoms with E-state index in [0.717, 1.165) is 10.9 Å². The first-order chi connectivity index (χ1) is 13.9. The maximum Gasteiger partial charge on any atom is 0.340 e. The van der Waals surface area contributed by atoms with Crippen molar-refractivity contribution in [2.45, 2.75) is 13.3 Å². The predicted molar refractivity (Wildman–Crippen MR) is 111 cm³/mol. The Morgan fingerprint density at radius 1 is 1.34 bits per heavy atom. The summed E-state index contributed by atoms with van der Waals surface area (Å²) in [5.41, 5.74) is 1.69. The Hall–Kier alpha value is -2.58. The molecule has 0 N–H and O–H groups in total. The molecular formula is C20H19ClN2O5S. The molecule has 1 aromatic carbocycles. The summed E-state index contributed by atoms with van der Waals surface area (Å²) in [4.78, 5) is 41.8. The number of aryl methyl sites for hydroxylation is 1. The van der Waals surface area contributed by atoms with Crippen LogP contribution in [0.15, 0.2) is 35.4 Å². The second-order valence-electron chi connectivity index (χ2n) is 6.29. The van der Waals surface area contributed by atoms with Crippen LogP contribution >= 0.6 is 23.4 Å². The number of benzene rings is 1. The van der Waals surface area contributed by atoms with Crippen molar-refractivity contribution < 1.29 is 23.9 Å². The third kappa shape index (κ3) is 5.07. The van der Waals surface area contributed by atoms with Gasteiger partial charge in [0.1, 0.15) is 0 Å². The van der Waals surface area contributed by atoms with Gasteiger partial charge >= 0.3 is 11.9 Å². The van der Waals surface area contributed by atoms with Crippen molar-refractivity contribution in [1.82, 2.24) is 9.88 Å². The van der Waals surface area contributed by atoms with Crippen molar-refractivity contribution in [3.05, 3.63) is 51.7 Å². The van der Waals surface area contributed by atoms with Gasteiger partial charge in [0.05, 0.1) is 47.3 Å². The lowest BCUT2D eigenvalue weighted by Crippen LogP contribution is -2.27. The van der Waals surface area contributed by atoms with Gasteiger partial charge in [0, 0.05) is 17.0 Å². The zero-order chi connectivity index (χ0) is 21.0. The Balaban J connectivity index is 1.59. The van der Waals surface area contributed by atoms with Crippen LogP contribution < -0.4 is 0 Å². The van der Waals surface area contributed by atoms with E-state index in [1.165, 1.54) is 29.8 Å². The maximum atomic E-state index is 12.5. The lowest BCUT2D eigenvalue weighted by molar-refractivity contribution is -0.134. The highest BCUT2D eigenvalue weighted by Crippen LogP contribution is 2.29. The molecule has 2 aromatic rings. The molecular weight excluding hydrogens is 416 g/mol. The number of hydrogen-bond donors (Lipinski definition) is 0. The number of ether oxygens (including phenoxy) is 2. The molecule has 2 heterocycles. The van der Waals surface area contributed by atoms with Crippen LogP contribution in [0.2, 0.25) is 5.02 Å². The first-order valence-corrected chi connectivity index (χ1v) is 10.2. The van der Waals surface area contributed by atoms with Crippen molar-refractivity contribution in [1.29, 1.82) is 0 Å². The molecule has 1 fully saturated rings. The number of methoxy groups -OCH3 is 1. The number of rotatable bonds is 6. The van der Waals surface area contributed by atoms with Gasteiger partial charge in [-0.15, -0.1) is 0 Å². The zero-order valence-corrected chi connectivity index (χ0v) is 17.5. The topological polar surface area (TPSA) is 85.8 Å². The van der Waals surface area contributed by atoms with Crippen molar-refractivity contribution in [3.63, 3.8) is 0 Å². The monoisotopic (exact) mass is 434 g/mol. The minimum atomic E-state index is -0.516. The number of esters is 2. The first kappa shape index (κ1) is 21.1. The molecule has 152 valence electrons. The van der Waals surface area contributed by atoms with E-state index in [-0.39, 0.29) is 18.3 Å². The molecule has 29 heavy (non-hydrogen) atoms. The summed E-state index contributed by atoms with van der Waals surface area (Å²) in [5.74, 6) is -0.821. The third-order valence-electron chi connectivity index (χ3n) is 4.30. The molecule has 0 aliphatic carbocycles. The number of carbonyl (C=O) groups is 3. The van der Waals surface area contributed by atoms with Gasteiger partial charge in [0.15, 0.2) is 0 Å². The summed E-state index contributed by atoms with van der Waals surface area (Å²) < 4.78 is 9.95. The average Bonchev–Trinajstić information content (AvgIpc) is 3.04. The van der Waals surface area contributed by atoms with Crippen LogP contribution in [0.4, 0.5) is 0 Å². The zero-order valence-electron chi connectivity index (χ0n) is 15.9. The van der Waals surface area contributed by atoms with Gasteiger partial charge in [-0.25, -0.2) is 9.59 Å². The fourth-order valence-corrected chi connectivity index (χ4v) is 3.98. The van der Waals surface area contributed by atoms with Crippen molar-refractivity contribution in [2.75, 3.05) is 26.0 Å². The van der Waals surface area contributed by atoms with E-state index in [1.807, 2.05) is 0 Å². The van der Waals surface area contributed by atoms with Crippen LogP contribution in [0.25, 0.3) is 10.9 Å². The minimum absolute atomic E-state index is 0.0945. The number of fused-ring (bicyclic) bond motifs is 1. The number of nitrogens with zero attached hydrogens (tertiary/aromatic N) is 2. The summed E-state index contributed by atoms with van der Waals surface area (Å²) in [5, 5.41) is 1.86. The molecule has 0 spiro atoms. The number of thioether (sulfide) groups is 1. The smallest absolute Gasteiger partial charge is 0.340 e. The fraction of sp³-hybridized carbons (Fsp3) is 0.300. The largest absolute Gasteiger partial charge is 0.466 e. The van der Waals surface area contributed by atoms with Crippen LogP contribution in [0.1, 0.15) is 22.5 Å². The molecule has 3 rings (SSSR count). The minimum Gasteiger partial charge on any atom is -0.466 e. The molecule has 1 aliphatic rings. The summed E-state index contributed by atoms with van der Waals surface area (Å²) in [6, 6.07) is 7.00. The lowest BCUT2D eigenvalue weighted by Gasteiger charge is -2.16. The Morgan fingerprint density at radius 2 is 2.14 bits per heavy atom. The number of halogens is 1. The standard InChI is InChI=1S/C20H19ClN2O5S/c1-12-15(9-13-8-14(21)4-5-16(13)22-12)20(26)28-7-3-6-23-17(24)11-29-18(23)10-19(25)27-2/h4-5,8-10H,3,6-7,11H2,1-2H3/b18-10+. The van der Waals surface area contributed by atoms with E-state index in [4.69, 9.17) is 16.3 Å². The van der Waals surface area contributed by atoms with Crippen LogP contribution in [-0.4, -0.2) is 53.7 Å². The quantitative estimate of drug-likeness (QED) is 0.391. The summed E-state index contributed by atoms with van der Waals surface area (Å²) in [7, 11) is 1.28. The maximum absolute atomic E-state index is 12.5. The molecule has 0 bridgehead atoms. The highest BCUT2D eigenvalue weighted by molar-refractivity contribution is 8.04. The van der Waals surface area contributed by atoms with Gasteiger partial charge in [-0.1, -0.05) is 23.4 Å². The predicted octanol–water partition coefficient (Wildman–Crippen LogP) is 3.33. The van der Waals surface area contributed by atoms with E-state index in [2.05, 4.69) is 9.72 Å². The Morgan fingerprint density at radius 3 is 2.90 bits per heavy atom. The fourth-order valence-electron chi connectivity index (χ4n) is 2.84. The van der Waals surface area contributed by atoms with Crippen LogP contribution in [0, 0.1) is 6.92 Å². The molecule has 1 amide bonds. The molecule has 0 radical (unpaired) electrons. The first-order valence-electron chi connectivity index (χ1n) is 8.86. The number of hydrogen-bond acceptors (Lipinski definition) is 7. The molecule has 1 aromatic heterocycles. The van der Waals surface area contributed by atoms with E-state index >= 15 is 0 Å². The Kier molecular flexibility index (Phi) is 6.76. The van der Waals surface area contributed by atoms with Crippen LogP contribution in [-0.2, 0) is 19.1 Å². The van der Waals surface area contributed by atoms with Gasteiger partial charge in [-0.2, -0.15) is 0 Å². The third-order valence-corrected chi connectivity index (χ3v) is 5.56. The molecule has 1 aliphatic heterocycles. The van der Waals surface area contributed by atoms with Crippen molar-refractivity contribution >= 4 is 52.1 Å². The SMILES string of the molecule is COC(=O)/C=C1/SCC(=O)N1CCCOC(=O)c1cc2cc(Cl)ccc2nc1C. The van der Waals surface area contributed by atoms with Gasteiger partial charge in [0.25, 0.3) is 0 Å². The molecule has 7 nitrogen and oxygen atoms in total. The van der Waals surface area contributed by atoms with Crippen LogP contribution in [0.3, 0.4) is 0 Å². The average molecular weight is 435 g/mol. The van der Waals surface area contributed by atoms with E-state index in [1.54, 1.807) is 31.2 Å². The number of aromatic nitrogens is 1. The lowest BCUT2D eigenvalue weighted by atomic mass is 10.1.